The summed E-state index contributed by atoms with van der Waals surface area (Å²) in [5, 5.41) is 3.37. The molecule has 2 aromatic heterocycles. The molecule has 0 aliphatic rings. The number of oxazole rings is 1. The fourth-order valence-corrected chi connectivity index (χ4v) is 2.33. The number of rotatable bonds is 5. The lowest BCUT2D eigenvalue weighted by Gasteiger charge is -2.06. The summed E-state index contributed by atoms with van der Waals surface area (Å²) in [7, 11) is 0. The topological polar surface area (TPSA) is 43.0 Å². The Morgan fingerprint density at radius 2 is 2.06 bits per heavy atom. The zero-order valence-electron chi connectivity index (χ0n) is 11.6. The summed E-state index contributed by atoms with van der Waals surface area (Å²) >= 11 is 0. The molecule has 1 N–H and O–H groups in total. The molecule has 2 rings (SSSR count). The number of nitrogens with one attached hydrogen (secondary N) is 1. The highest BCUT2D eigenvalue weighted by molar-refractivity contribution is 5.26. The smallest absolute Gasteiger partial charge is 0.208 e. The first-order chi connectivity index (χ1) is 8.61. The summed E-state index contributed by atoms with van der Waals surface area (Å²) in [5.41, 5.74) is 4.00. The molecule has 0 spiro atoms. The molecule has 18 heavy (non-hydrogen) atoms. The summed E-state index contributed by atoms with van der Waals surface area (Å²) in [5.74, 6) is 1.60. The van der Waals surface area contributed by atoms with Crippen LogP contribution in [0.5, 0.6) is 0 Å². The van der Waals surface area contributed by atoms with Gasteiger partial charge in [0.25, 0.3) is 0 Å². The van der Waals surface area contributed by atoms with Gasteiger partial charge in [0, 0.05) is 24.5 Å². The Kier molecular flexibility index (Phi) is 3.87. The van der Waals surface area contributed by atoms with Crippen molar-refractivity contribution in [1.29, 1.82) is 0 Å². The van der Waals surface area contributed by atoms with E-state index in [1.54, 1.807) is 6.20 Å². The van der Waals surface area contributed by atoms with Crippen molar-refractivity contribution in [2.75, 3.05) is 0 Å². The Morgan fingerprint density at radius 3 is 2.61 bits per heavy atom. The zero-order chi connectivity index (χ0) is 13.1. The second-order valence-corrected chi connectivity index (χ2v) is 4.61. The van der Waals surface area contributed by atoms with Gasteiger partial charge in [-0.25, -0.2) is 4.98 Å². The van der Waals surface area contributed by atoms with Gasteiger partial charge in [0.15, 0.2) is 0 Å². The van der Waals surface area contributed by atoms with Crippen LogP contribution >= 0.6 is 0 Å². The Bertz CT molecular complexity index is 525. The monoisotopic (exact) mass is 247 g/mol. The van der Waals surface area contributed by atoms with Crippen LogP contribution in [0.25, 0.3) is 0 Å². The fraction of sp³-hybridized carbons (Fsp3) is 0.500. The second kappa shape index (κ2) is 5.40. The summed E-state index contributed by atoms with van der Waals surface area (Å²) in [6.07, 6.45) is 1.75. The number of aromatic nitrogens is 2. The average molecular weight is 247 g/mol. The summed E-state index contributed by atoms with van der Waals surface area (Å²) < 4.78 is 7.75. The van der Waals surface area contributed by atoms with Crippen molar-refractivity contribution in [3.63, 3.8) is 0 Å². The van der Waals surface area contributed by atoms with Gasteiger partial charge in [0.05, 0.1) is 12.7 Å². The Hall–Kier alpha value is -1.55. The van der Waals surface area contributed by atoms with E-state index in [-0.39, 0.29) is 0 Å². The lowest BCUT2D eigenvalue weighted by atomic mass is 10.2. The Morgan fingerprint density at radius 1 is 1.28 bits per heavy atom. The SMILES string of the molecule is CCn1c(C)cc(CNCc2ncc(C)o2)c1C. The van der Waals surface area contributed by atoms with Gasteiger partial charge in [0.2, 0.25) is 5.89 Å². The van der Waals surface area contributed by atoms with Gasteiger partial charge in [-0.3, -0.25) is 0 Å². The predicted molar refractivity (Wildman–Crippen MR) is 71.4 cm³/mol. The van der Waals surface area contributed by atoms with E-state index in [1.165, 1.54) is 17.0 Å². The van der Waals surface area contributed by atoms with Crippen LogP contribution in [0.1, 0.15) is 35.5 Å². The van der Waals surface area contributed by atoms with Gasteiger partial charge >= 0.3 is 0 Å². The van der Waals surface area contributed by atoms with E-state index in [1.807, 2.05) is 6.92 Å². The maximum atomic E-state index is 5.42. The Balaban J connectivity index is 1.94. The molecule has 98 valence electrons. The summed E-state index contributed by atoms with van der Waals surface area (Å²) in [4.78, 5) is 4.17. The van der Waals surface area contributed by atoms with Crippen LogP contribution in [0.3, 0.4) is 0 Å². The molecule has 0 saturated heterocycles. The first-order valence-electron chi connectivity index (χ1n) is 6.39. The average Bonchev–Trinajstić information content (AvgIpc) is 2.85. The quantitative estimate of drug-likeness (QED) is 0.883. The summed E-state index contributed by atoms with van der Waals surface area (Å²) in [6.45, 7) is 10.9. The van der Waals surface area contributed by atoms with Crippen LogP contribution in [0, 0.1) is 20.8 Å². The van der Waals surface area contributed by atoms with Crippen molar-refractivity contribution in [3.05, 3.63) is 40.9 Å². The van der Waals surface area contributed by atoms with Crippen molar-refractivity contribution in [2.24, 2.45) is 0 Å². The molecule has 0 amide bonds. The molecule has 0 aromatic carbocycles. The van der Waals surface area contributed by atoms with E-state index in [4.69, 9.17) is 4.42 Å². The number of nitrogens with zero attached hydrogens (tertiary/aromatic N) is 2. The highest BCUT2D eigenvalue weighted by Crippen LogP contribution is 2.14. The van der Waals surface area contributed by atoms with Gasteiger partial charge in [0.1, 0.15) is 5.76 Å². The number of hydrogen-bond donors (Lipinski definition) is 1. The molecule has 4 heteroatoms. The molecule has 0 unspecified atom stereocenters. The van der Waals surface area contributed by atoms with Crippen LogP contribution in [0.15, 0.2) is 16.7 Å². The maximum Gasteiger partial charge on any atom is 0.208 e. The largest absolute Gasteiger partial charge is 0.445 e. The molecule has 0 radical (unpaired) electrons. The molecule has 0 aliphatic carbocycles. The molecule has 4 nitrogen and oxygen atoms in total. The van der Waals surface area contributed by atoms with Crippen molar-refractivity contribution >= 4 is 0 Å². The third-order valence-corrected chi connectivity index (χ3v) is 3.26. The maximum absolute atomic E-state index is 5.42. The number of hydrogen-bond acceptors (Lipinski definition) is 3. The molecule has 0 saturated carbocycles. The molecule has 0 fully saturated rings. The highest BCUT2D eigenvalue weighted by Gasteiger charge is 2.07. The van der Waals surface area contributed by atoms with Crippen LogP contribution in [-0.4, -0.2) is 9.55 Å². The van der Waals surface area contributed by atoms with Crippen molar-refractivity contribution < 1.29 is 4.42 Å². The zero-order valence-corrected chi connectivity index (χ0v) is 11.6. The minimum absolute atomic E-state index is 0.670. The van der Waals surface area contributed by atoms with Crippen molar-refractivity contribution in [2.45, 2.75) is 47.3 Å². The standard InChI is InChI=1S/C14H21N3O/c1-5-17-10(2)6-13(12(17)4)8-15-9-14-16-7-11(3)18-14/h6-7,15H,5,8-9H2,1-4H3. The highest BCUT2D eigenvalue weighted by atomic mass is 16.4. The molecular weight excluding hydrogens is 226 g/mol. The van der Waals surface area contributed by atoms with E-state index in [2.05, 4.69) is 41.7 Å². The molecule has 0 aliphatic heterocycles. The van der Waals surface area contributed by atoms with Crippen LogP contribution in [0.4, 0.5) is 0 Å². The lowest BCUT2D eigenvalue weighted by Crippen LogP contribution is -2.13. The normalized spacial score (nSPS) is 11.1. The van der Waals surface area contributed by atoms with Gasteiger partial charge < -0.3 is 14.3 Å². The summed E-state index contributed by atoms with van der Waals surface area (Å²) in [6, 6.07) is 2.24. The van der Waals surface area contributed by atoms with Gasteiger partial charge in [-0.05, 0) is 39.3 Å². The second-order valence-electron chi connectivity index (χ2n) is 4.61. The van der Waals surface area contributed by atoms with Gasteiger partial charge in [-0.2, -0.15) is 0 Å². The molecular formula is C14H21N3O. The van der Waals surface area contributed by atoms with Gasteiger partial charge in [-0.1, -0.05) is 0 Å². The third-order valence-electron chi connectivity index (χ3n) is 3.26. The fourth-order valence-electron chi connectivity index (χ4n) is 2.33. The molecule has 0 bridgehead atoms. The number of aryl methyl sites for hydroxylation is 2. The minimum atomic E-state index is 0.670. The van der Waals surface area contributed by atoms with Gasteiger partial charge in [-0.15, -0.1) is 0 Å². The predicted octanol–water partition coefficient (Wildman–Crippen LogP) is 2.71. The van der Waals surface area contributed by atoms with E-state index in [9.17, 15) is 0 Å². The van der Waals surface area contributed by atoms with Crippen LogP contribution in [0.2, 0.25) is 0 Å². The third kappa shape index (κ3) is 2.64. The molecule has 0 atom stereocenters. The van der Waals surface area contributed by atoms with Crippen LogP contribution < -0.4 is 5.32 Å². The first-order valence-corrected chi connectivity index (χ1v) is 6.39. The van der Waals surface area contributed by atoms with E-state index in [0.29, 0.717) is 6.54 Å². The van der Waals surface area contributed by atoms with E-state index in [0.717, 1.165) is 24.7 Å². The van der Waals surface area contributed by atoms with Crippen molar-refractivity contribution in [1.82, 2.24) is 14.9 Å². The minimum Gasteiger partial charge on any atom is -0.445 e. The van der Waals surface area contributed by atoms with Crippen LogP contribution in [-0.2, 0) is 19.6 Å². The Labute approximate surface area is 108 Å². The van der Waals surface area contributed by atoms with E-state index >= 15 is 0 Å². The molecule has 2 aromatic rings. The first kappa shape index (κ1) is 12.9. The molecule has 2 heterocycles. The lowest BCUT2D eigenvalue weighted by molar-refractivity contribution is 0.449. The van der Waals surface area contributed by atoms with Crippen molar-refractivity contribution in [3.8, 4) is 0 Å². The van der Waals surface area contributed by atoms with E-state index < -0.39 is 0 Å².